The van der Waals surface area contributed by atoms with E-state index < -0.39 is 0 Å². The highest BCUT2D eigenvalue weighted by molar-refractivity contribution is 9.09. The number of hydrogen-bond donors (Lipinski definition) is 0. The molecule has 1 heterocycles. The third-order valence-electron chi connectivity index (χ3n) is 2.91. The predicted octanol–water partition coefficient (Wildman–Crippen LogP) is 3.32. The zero-order chi connectivity index (χ0) is 11.8. The van der Waals surface area contributed by atoms with Crippen LogP contribution in [-0.4, -0.2) is 28.3 Å². The first-order valence-electron chi connectivity index (χ1n) is 5.97. The first-order chi connectivity index (χ1) is 7.80. The van der Waals surface area contributed by atoms with Gasteiger partial charge < -0.3 is 0 Å². The summed E-state index contributed by atoms with van der Waals surface area (Å²) in [7, 11) is 0. The van der Waals surface area contributed by atoms with Crippen molar-refractivity contribution in [2.24, 2.45) is 5.92 Å². The van der Waals surface area contributed by atoms with Crippen LogP contribution in [0.2, 0.25) is 0 Å². The Labute approximate surface area is 107 Å². The summed E-state index contributed by atoms with van der Waals surface area (Å²) in [5, 5.41) is 1.09. The summed E-state index contributed by atoms with van der Waals surface area (Å²) in [6, 6.07) is 4.19. The van der Waals surface area contributed by atoms with E-state index in [0.717, 1.165) is 24.3 Å². The van der Waals surface area contributed by atoms with Crippen LogP contribution < -0.4 is 0 Å². The van der Waals surface area contributed by atoms with Gasteiger partial charge in [-0.1, -0.05) is 36.2 Å². The molecule has 0 N–H and O–H groups in total. The minimum atomic E-state index is 0.752. The molecule has 0 radical (unpaired) electrons. The fourth-order valence-electron chi connectivity index (χ4n) is 1.70. The van der Waals surface area contributed by atoms with Crippen molar-refractivity contribution in [2.75, 3.05) is 18.4 Å². The number of halogens is 1. The van der Waals surface area contributed by atoms with Crippen LogP contribution in [0, 0.1) is 5.92 Å². The summed E-state index contributed by atoms with van der Waals surface area (Å²) in [5.74, 6) is 0.752. The lowest BCUT2D eigenvalue weighted by molar-refractivity contribution is 0.240. The topological polar surface area (TPSA) is 16.1 Å². The van der Waals surface area contributed by atoms with Crippen LogP contribution in [0.4, 0.5) is 0 Å². The Morgan fingerprint density at radius 3 is 2.50 bits per heavy atom. The SMILES string of the molecule is CCC(CBr)CN(CC)Cc1ccncc1. The summed E-state index contributed by atoms with van der Waals surface area (Å²) >= 11 is 3.58. The molecule has 0 amide bonds. The third kappa shape index (κ3) is 4.62. The molecule has 1 aromatic heterocycles. The zero-order valence-corrected chi connectivity index (χ0v) is 11.8. The van der Waals surface area contributed by atoms with Crippen molar-refractivity contribution in [3.05, 3.63) is 30.1 Å². The molecule has 0 bridgehead atoms. The molecule has 0 saturated heterocycles. The quantitative estimate of drug-likeness (QED) is 0.714. The Morgan fingerprint density at radius 1 is 1.31 bits per heavy atom. The minimum absolute atomic E-state index is 0.752. The Kier molecular flexibility index (Phi) is 6.65. The zero-order valence-electron chi connectivity index (χ0n) is 10.2. The van der Waals surface area contributed by atoms with E-state index in [4.69, 9.17) is 0 Å². The van der Waals surface area contributed by atoms with Crippen LogP contribution in [0.5, 0.6) is 0 Å². The molecule has 2 nitrogen and oxygen atoms in total. The van der Waals surface area contributed by atoms with E-state index in [1.54, 1.807) is 0 Å². The molecular formula is C13H21BrN2. The van der Waals surface area contributed by atoms with Crippen LogP contribution in [0.1, 0.15) is 25.8 Å². The van der Waals surface area contributed by atoms with E-state index in [1.807, 2.05) is 12.4 Å². The van der Waals surface area contributed by atoms with Crippen molar-refractivity contribution in [1.82, 2.24) is 9.88 Å². The summed E-state index contributed by atoms with van der Waals surface area (Å²) < 4.78 is 0. The van der Waals surface area contributed by atoms with Gasteiger partial charge >= 0.3 is 0 Å². The van der Waals surface area contributed by atoms with Crippen molar-refractivity contribution in [2.45, 2.75) is 26.8 Å². The maximum Gasteiger partial charge on any atom is 0.0271 e. The first-order valence-corrected chi connectivity index (χ1v) is 7.09. The monoisotopic (exact) mass is 284 g/mol. The van der Waals surface area contributed by atoms with Crippen molar-refractivity contribution < 1.29 is 0 Å². The third-order valence-corrected chi connectivity index (χ3v) is 3.83. The summed E-state index contributed by atoms with van der Waals surface area (Å²) in [4.78, 5) is 6.54. The van der Waals surface area contributed by atoms with E-state index in [0.29, 0.717) is 0 Å². The molecule has 0 aliphatic carbocycles. The van der Waals surface area contributed by atoms with Gasteiger partial charge in [-0.2, -0.15) is 0 Å². The molecule has 0 aromatic carbocycles. The van der Waals surface area contributed by atoms with Gasteiger partial charge in [-0.25, -0.2) is 0 Å². The molecule has 0 fully saturated rings. The molecule has 0 saturated carbocycles. The predicted molar refractivity (Wildman–Crippen MR) is 72.8 cm³/mol. The fraction of sp³-hybridized carbons (Fsp3) is 0.615. The summed E-state index contributed by atoms with van der Waals surface area (Å²) in [5.41, 5.74) is 1.35. The molecule has 0 aliphatic rings. The average molecular weight is 285 g/mol. The normalized spacial score (nSPS) is 13.0. The molecule has 1 aromatic rings. The van der Waals surface area contributed by atoms with E-state index in [9.17, 15) is 0 Å². The van der Waals surface area contributed by atoms with Gasteiger partial charge in [0.05, 0.1) is 0 Å². The van der Waals surface area contributed by atoms with Gasteiger partial charge in [-0.15, -0.1) is 0 Å². The van der Waals surface area contributed by atoms with Gasteiger partial charge in [-0.05, 0) is 30.2 Å². The highest BCUT2D eigenvalue weighted by Crippen LogP contribution is 2.11. The maximum absolute atomic E-state index is 4.05. The van der Waals surface area contributed by atoms with Crippen LogP contribution >= 0.6 is 15.9 Å². The molecule has 16 heavy (non-hydrogen) atoms. The van der Waals surface area contributed by atoms with Crippen molar-refractivity contribution in [1.29, 1.82) is 0 Å². The van der Waals surface area contributed by atoms with Crippen LogP contribution in [-0.2, 0) is 6.54 Å². The first kappa shape index (κ1) is 13.7. The Morgan fingerprint density at radius 2 is 2.00 bits per heavy atom. The van der Waals surface area contributed by atoms with Crippen molar-refractivity contribution >= 4 is 15.9 Å². The number of hydrogen-bond acceptors (Lipinski definition) is 2. The van der Waals surface area contributed by atoms with Gasteiger partial charge in [0, 0.05) is 30.8 Å². The highest BCUT2D eigenvalue weighted by Gasteiger charge is 2.10. The molecule has 1 unspecified atom stereocenters. The lowest BCUT2D eigenvalue weighted by Gasteiger charge is -2.24. The molecular weight excluding hydrogens is 264 g/mol. The fourth-order valence-corrected chi connectivity index (χ4v) is 2.37. The van der Waals surface area contributed by atoms with Gasteiger partial charge in [0.15, 0.2) is 0 Å². The number of pyridine rings is 1. The summed E-state index contributed by atoms with van der Waals surface area (Å²) in [6.07, 6.45) is 4.97. The molecule has 1 atom stereocenters. The van der Waals surface area contributed by atoms with E-state index in [1.165, 1.54) is 18.5 Å². The van der Waals surface area contributed by atoms with Gasteiger partial charge in [0.2, 0.25) is 0 Å². The molecule has 0 spiro atoms. The second-order valence-corrected chi connectivity index (χ2v) is 4.76. The van der Waals surface area contributed by atoms with Crippen LogP contribution in [0.3, 0.4) is 0 Å². The minimum Gasteiger partial charge on any atom is -0.299 e. The van der Waals surface area contributed by atoms with E-state index >= 15 is 0 Å². The average Bonchev–Trinajstić information content (AvgIpc) is 2.35. The highest BCUT2D eigenvalue weighted by atomic mass is 79.9. The Bertz CT molecular complexity index is 273. The van der Waals surface area contributed by atoms with E-state index in [2.05, 4.69) is 51.8 Å². The molecule has 0 aliphatic heterocycles. The smallest absolute Gasteiger partial charge is 0.0271 e. The molecule has 1 rings (SSSR count). The lowest BCUT2D eigenvalue weighted by atomic mass is 10.1. The summed E-state index contributed by atoms with van der Waals surface area (Å²) in [6.45, 7) is 7.78. The van der Waals surface area contributed by atoms with Gasteiger partial charge in [-0.3, -0.25) is 9.88 Å². The number of rotatable bonds is 7. The van der Waals surface area contributed by atoms with E-state index in [-0.39, 0.29) is 0 Å². The maximum atomic E-state index is 4.05. The standard InChI is InChI=1S/C13H21BrN2/c1-3-12(9-14)10-16(4-2)11-13-5-7-15-8-6-13/h5-8,12H,3-4,9-11H2,1-2H3. The Hall–Kier alpha value is -0.410. The number of alkyl halides is 1. The molecule has 90 valence electrons. The van der Waals surface area contributed by atoms with Crippen LogP contribution in [0.15, 0.2) is 24.5 Å². The molecule has 3 heteroatoms. The van der Waals surface area contributed by atoms with Gasteiger partial charge in [0.25, 0.3) is 0 Å². The largest absolute Gasteiger partial charge is 0.299 e. The second-order valence-electron chi connectivity index (χ2n) is 4.11. The van der Waals surface area contributed by atoms with Gasteiger partial charge in [0.1, 0.15) is 0 Å². The second kappa shape index (κ2) is 7.80. The Balaban J connectivity index is 2.49. The number of nitrogens with zero attached hydrogens (tertiary/aromatic N) is 2. The van der Waals surface area contributed by atoms with Crippen LogP contribution in [0.25, 0.3) is 0 Å². The lowest BCUT2D eigenvalue weighted by Crippen LogP contribution is -2.29. The van der Waals surface area contributed by atoms with Crippen molar-refractivity contribution in [3.63, 3.8) is 0 Å². The number of aromatic nitrogens is 1. The van der Waals surface area contributed by atoms with Crippen molar-refractivity contribution in [3.8, 4) is 0 Å².